The van der Waals surface area contributed by atoms with Gasteiger partial charge in [0, 0.05) is 6.54 Å². The summed E-state index contributed by atoms with van der Waals surface area (Å²) in [7, 11) is 3.15. The van der Waals surface area contributed by atoms with Gasteiger partial charge in [0.15, 0.2) is 10.9 Å². The number of carbonyl (C=O) groups is 1. The molecule has 2 aromatic carbocycles. The molecule has 0 amide bonds. The molecule has 0 saturated carbocycles. The van der Waals surface area contributed by atoms with Gasteiger partial charge in [-0.2, -0.15) is 0 Å². The first kappa shape index (κ1) is 19.3. The van der Waals surface area contributed by atoms with Crippen molar-refractivity contribution < 1.29 is 14.3 Å². The number of benzene rings is 2. The van der Waals surface area contributed by atoms with E-state index in [9.17, 15) is 4.79 Å². The predicted molar refractivity (Wildman–Crippen MR) is 109 cm³/mol. The first-order chi connectivity index (χ1) is 13.0. The molecule has 6 heteroatoms. The quantitative estimate of drug-likeness (QED) is 0.417. The first-order valence-corrected chi connectivity index (χ1v) is 9.85. The van der Waals surface area contributed by atoms with Crippen LogP contribution in [-0.4, -0.2) is 35.3 Å². The fourth-order valence-electron chi connectivity index (χ4n) is 2.94. The lowest BCUT2D eigenvalue weighted by atomic mass is 10.1. The van der Waals surface area contributed by atoms with Crippen LogP contribution < -0.4 is 9.47 Å². The molecule has 5 nitrogen and oxygen atoms in total. The molecular formula is C21H24N2O3S. The van der Waals surface area contributed by atoms with E-state index in [4.69, 9.17) is 14.5 Å². The molecule has 0 saturated heterocycles. The highest BCUT2D eigenvalue weighted by Crippen LogP contribution is 2.29. The van der Waals surface area contributed by atoms with Crippen LogP contribution in [0, 0.1) is 5.92 Å². The van der Waals surface area contributed by atoms with Crippen molar-refractivity contribution in [3.63, 3.8) is 0 Å². The van der Waals surface area contributed by atoms with Gasteiger partial charge in [-0.1, -0.05) is 37.7 Å². The summed E-state index contributed by atoms with van der Waals surface area (Å²) in [5.74, 6) is 1.94. The Morgan fingerprint density at radius 3 is 2.63 bits per heavy atom. The van der Waals surface area contributed by atoms with Crippen molar-refractivity contribution in [3.8, 4) is 11.5 Å². The summed E-state index contributed by atoms with van der Waals surface area (Å²) in [6.45, 7) is 5.21. The SMILES string of the molecule is COc1ccc(OC)c(C(=O)CSc2nc3ccccc3n2CC(C)C)c1. The number of ketones is 1. The third-order valence-electron chi connectivity index (χ3n) is 4.21. The zero-order valence-corrected chi connectivity index (χ0v) is 16.9. The number of carbonyl (C=O) groups excluding carboxylic acids is 1. The molecule has 0 aliphatic heterocycles. The highest BCUT2D eigenvalue weighted by atomic mass is 32.2. The fourth-order valence-corrected chi connectivity index (χ4v) is 3.85. The van der Waals surface area contributed by atoms with Gasteiger partial charge < -0.3 is 14.0 Å². The van der Waals surface area contributed by atoms with Gasteiger partial charge in [-0.05, 0) is 36.2 Å². The van der Waals surface area contributed by atoms with Crippen LogP contribution in [0.1, 0.15) is 24.2 Å². The average Bonchev–Trinajstić information content (AvgIpc) is 3.02. The molecule has 0 atom stereocenters. The predicted octanol–water partition coefficient (Wildman–Crippen LogP) is 4.68. The molecule has 0 fully saturated rings. The Morgan fingerprint density at radius 2 is 1.93 bits per heavy atom. The van der Waals surface area contributed by atoms with Crippen LogP contribution in [0.15, 0.2) is 47.6 Å². The molecule has 1 heterocycles. The van der Waals surface area contributed by atoms with Crippen molar-refractivity contribution in [3.05, 3.63) is 48.0 Å². The van der Waals surface area contributed by atoms with Crippen molar-refractivity contribution in [1.29, 1.82) is 0 Å². The third-order valence-corrected chi connectivity index (χ3v) is 5.18. The van der Waals surface area contributed by atoms with Crippen molar-refractivity contribution in [2.75, 3.05) is 20.0 Å². The normalized spacial score (nSPS) is 11.1. The smallest absolute Gasteiger partial charge is 0.177 e. The number of nitrogens with zero attached hydrogens (tertiary/aromatic N) is 2. The van der Waals surface area contributed by atoms with Crippen LogP contribution in [0.3, 0.4) is 0 Å². The van der Waals surface area contributed by atoms with Crippen molar-refractivity contribution in [2.45, 2.75) is 25.5 Å². The number of Topliss-reactive ketones (excluding diaryl/α,β-unsaturated/α-hetero) is 1. The van der Waals surface area contributed by atoms with E-state index in [0.29, 0.717) is 23.0 Å². The molecule has 0 aliphatic rings. The fraction of sp³-hybridized carbons (Fsp3) is 0.333. The van der Waals surface area contributed by atoms with Crippen molar-refractivity contribution in [1.82, 2.24) is 9.55 Å². The van der Waals surface area contributed by atoms with Crippen LogP contribution in [0.5, 0.6) is 11.5 Å². The van der Waals surface area contributed by atoms with Gasteiger partial charge in [-0.15, -0.1) is 0 Å². The maximum absolute atomic E-state index is 12.8. The van der Waals surface area contributed by atoms with E-state index in [2.05, 4.69) is 24.5 Å². The zero-order chi connectivity index (χ0) is 19.4. The van der Waals surface area contributed by atoms with Gasteiger partial charge in [0.05, 0.1) is 36.6 Å². The largest absolute Gasteiger partial charge is 0.497 e. The van der Waals surface area contributed by atoms with E-state index in [0.717, 1.165) is 22.7 Å². The number of thioether (sulfide) groups is 1. The summed E-state index contributed by atoms with van der Waals surface area (Å²) in [6, 6.07) is 13.3. The van der Waals surface area contributed by atoms with E-state index in [-0.39, 0.29) is 11.5 Å². The van der Waals surface area contributed by atoms with Crippen LogP contribution in [-0.2, 0) is 6.54 Å². The summed E-state index contributed by atoms with van der Waals surface area (Å²) in [6.07, 6.45) is 0. The monoisotopic (exact) mass is 384 g/mol. The lowest BCUT2D eigenvalue weighted by Gasteiger charge is -2.12. The zero-order valence-electron chi connectivity index (χ0n) is 16.1. The topological polar surface area (TPSA) is 53.4 Å². The standard InChI is InChI=1S/C21H24N2O3S/c1-14(2)12-23-18-8-6-5-7-17(18)22-21(23)27-13-19(24)16-11-15(25-3)9-10-20(16)26-4/h5-11,14H,12-13H2,1-4H3. The number of imidazole rings is 1. The van der Waals surface area contributed by atoms with Crippen molar-refractivity contribution >= 4 is 28.6 Å². The Hall–Kier alpha value is -2.47. The van der Waals surface area contributed by atoms with Gasteiger partial charge in [0.25, 0.3) is 0 Å². The highest BCUT2D eigenvalue weighted by Gasteiger charge is 2.17. The highest BCUT2D eigenvalue weighted by molar-refractivity contribution is 7.99. The molecule has 27 heavy (non-hydrogen) atoms. The van der Waals surface area contributed by atoms with Crippen LogP contribution >= 0.6 is 11.8 Å². The number of rotatable bonds is 8. The third kappa shape index (κ3) is 4.27. The molecule has 0 spiro atoms. The molecule has 142 valence electrons. The van der Waals surface area contributed by atoms with E-state index >= 15 is 0 Å². The minimum absolute atomic E-state index is 0.0149. The molecular weight excluding hydrogens is 360 g/mol. The number of hydrogen-bond acceptors (Lipinski definition) is 5. The van der Waals surface area contributed by atoms with Gasteiger partial charge in [0.1, 0.15) is 11.5 Å². The van der Waals surface area contributed by atoms with E-state index in [1.165, 1.54) is 11.8 Å². The molecule has 3 rings (SSSR count). The van der Waals surface area contributed by atoms with Crippen LogP contribution in [0.2, 0.25) is 0 Å². The molecule has 0 unspecified atom stereocenters. The maximum atomic E-state index is 12.8. The van der Waals surface area contributed by atoms with Gasteiger partial charge in [0.2, 0.25) is 0 Å². The number of para-hydroxylation sites is 2. The number of methoxy groups -OCH3 is 2. The number of fused-ring (bicyclic) bond motifs is 1. The minimum Gasteiger partial charge on any atom is -0.497 e. The first-order valence-electron chi connectivity index (χ1n) is 8.86. The summed E-state index contributed by atoms with van der Waals surface area (Å²) in [4.78, 5) is 17.5. The molecule has 0 N–H and O–H groups in total. The van der Waals surface area contributed by atoms with E-state index < -0.39 is 0 Å². The molecule has 0 aliphatic carbocycles. The summed E-state index contributed by atoms with van der Waals surface area (Å²) in [5, 5.41) is 0.861. The summed E-state index contributed by atoms with van der Waals surface area (Å²) < 4.78 is 12.8. The molecule has 0 bridgehead atoms. The Balaban J connectivity index is 1.85. The lowest BCUT2D eigenvalue weighted by Crippen LogP contribution is -2.09. The minimum atomic E-state index is -0.0149. The Kier molecular flexibility index (Phi) is 6.06. The van der Waals surface area contributed by atoms with Crippen LogP contribution in [0.25, 0.3) is 11.0 Å². The van der Waals surface area contributed by atoms with E-state index in [1.807, 2.05) is 18.2 Å². The Labute approximate surface area is 163 Å². The number of aromatic nitrogens is 2. The second-order valence-corrected chi connectivity index (χ2v) is 7.61. The number of ether oxygens (including phenoxy) is 2. The van der Waals surface area contributed by atoms with Gasteiger partial charge in [-0.25, -0.2) is 4.98 Å². The second kappa shape index (κ2) is 8.48. The van der Waals surface area contributed by atoms with Gasteiger partial charge in [-0.3, -0.25) is 4.79 Å². The lowest BCUT2D eigenvalue weighted by molar-refractivity contribution is 0.101. The molecule has 3 aromatic rings. The maximum Gasteiger partial charge on any atom is 0.177 e. The van der Waals surface area contributed by atoms with Gasteiger partial charge >= 0.3 is 0 Å². The summed E-state index contributed by atoms with van der Waals surface area (Å²) >= 11 is 1.46. The summed E-state index contributed by atoms with van der Waals surface area (Å²) in [5.41, 5.74) is 2.57. The van der Waals surface area contributed by atoms with Crippen molar-refractivity contribution in [2.24, 2.45) is 5.92 Å². The Morgan fingerprint density at radius 1 is 1.15 bits per heavy atom. The second-order valence-electron chi connectivity index (χ2n) is 6.67. The van der Waals surface area contributed by atoms with E-state index in [1.54, 1.807) is 32.4 Å². The van der Waals surface area contributed by atoms with Crippen LogP contribution in [0.4, 0.5) is 0 Å². The molecule has 0 radical (unpaired) electrons. The Bertz CT molecular complexity index is 950. The number of hydrogen-bond donors (Lipinski definition) is 0. The molecule has 1 aromatic heterocycles. The average molecular weight is 385 g/mol.